The molecule has 0 bridgehead atoms. The van der Waals surface area contributed by atoms with Gasteiger partial charge in [0.2, 0.25) is 0 Å². The zero-order valence-electron chi connectivity index (χ0n) is 11.7. The Morgan fingerprint density at radius 3 is 2.48 bits per heavy atom. The summed E-state index contributed by atoms with van der Waals surface area (Å²) in [5.74, 6) is -1.19. The van der Waals surface area contributed by atoms with E-state index in [2.05, 4.69) is 5.43 Å². The molecule has 0 unspecified atom stereocenters. The zero-order chi connectivity index (χ0) is 15.6. The number of hydrogen-bond donors (Lipinski definition) is 3. The molecule has 7 heteroatoms. The fourth-order valence-corrected chi connectivity index (χ4v) is 2.50. The molecule has 1 aromatic rings. The summed E-state index contributed by atoms with van der Waals surface area (Å²) < 4.78 is 4.78. The summed E-state index contributed by atoms with van der Waals surface area (Å²) in [6.45, 7) is 1.61. The average molecular weight is 291 g/mol. The lowest BCUT2D eigenvalue weighted by Crippen LogP contribution is -2.48. The molecule has 2 atom stereocenters. The average Bonchev–Trinajstić information content (AvgIpc) is 2.71. The minimum atomic E-state index is -1.14. The summed E-state index contributed by atoms with van der Waals surface area (Å²) in [6, 6.07) is 8.19. The van der Waals surface area contributed by atoms with E-state index in [-0.39, 0.29) is 5.57 Å². The Hall–Kier alpha value is -2.54. The number of allylic oxidation sites excluding steroid dienone is 1. The van der Waals surface area contributed by atoms with Crippen molar-refractivity contribution in [3.05, 3.63) is 47.2 Å². The molecule has 0 fully saturated rings. The van der Waals surface area contributed by atoms with E-state index in [0.29, 0.717) is 5.70 Å². The van der Waals surface area contributed by atoms with E-state index in [0.717, 1.165) is 5.56 Å². The van der Waals surface area contributed by atoms with E-state index in [9.17, 15) is 14.7 Å². The number of carbonyl (C=O) groups is 2. The number of aliphatic hydroxyl groups excluding tert-OH is 1. The molecule has 0 radical (unpaired) electrons. The first kappa shape index (κ1) is 14.9. The number of primary amides is 1. The van der Waals surface area contributed by atoms with Crippen molar-refractivity contribution in [3.8, 4) is 0 Å². The van der Waals surface area contributed by atoms with Crippen molar-refractivity contribution in [1.82, 2.24) is 10.4 Å². The zero-order valence-corrected chi connectivity index (χ0v) is 11.7. The van der Waals surface area contributed by atoms with Crippen molar-refractivity contribution in [2.75, 3.05) is 7.11 Å². The highest BCUT2D eigenvalue weighted by atomic mass is 16.5. The van der Waals surface area contributed by atoms with Crippen molar-refractivity contribution in [1.29, 1.82) is 0 Å². The number of aliphatic hydroxyl groups is 1. The predicted molar refractivity (Wildman–Crippen MR) is 74.5 cm³/mol. The summed E-state index contributed by atoms with van der Waals surface area (Å²) in [5, 5.41) is 11.6. The number of urea groups is 1. The Labute approximate surface area is 122 Å². The maximum Gasteiger partial charge on any atom is 0.336 e. The van der Waals surface area contributed by atoms with Crippen molar-refractivity contribution in [2.45, 2.75) is 19.1 Å². The Balaban J connectivity index is 2.48. The van der Waals surface area contributed by atoms with Crippen LogP contribution in [0.25, 0.3) is 0 Å². The van der Waals surface area contributed by atoms with Crippen LogP contribution >= 0.6 is 0 Å². The van der Waals surface area contributed by atoms with Crippen LogP contribution in [0.2, 0.25) is 0 Å². The molecule has 1 aromatic carbocycles. The van der Waals surface area contributed by atoms with Crippen LogP contribution in [0.15, 0.2) is 41.6 Å². The Morgan fingerprint density at radius 1 is 1.33 bits per heavy atom. The van der Waals surface area contributed by atoms with Crippen molar-refractivity contribution in [2.24, 2.45) is 5.73 Å². The lowest BCUT2D eigenvalue weighted by Gasteiger charge is -2.26. The highest BCUT2D eigenvalue weighted by Gasteiger charge is 2.43. The fourth-order valence-electron chi connectivity index (χ4n) is 2.50. The summed E-state index contributed by atoms with van der Waals surface area (Å²) in [7, 11) is 1.27. The molecule has 0 aromatic heterocycles. The number of rotatable bonds is 3. The van der Waals surface area contributed by atoms with Crippen LogP contribution in [0.1, 0.15) is 18.4 Å². The maximum atomic E-state index is 12.0. The second-order valence-corrected chi connectivity index (χ2v) is 4.64. The second kappa shape index (κ2) is 5.84. The molecule has 0 spiro atoms. The number of methoxy groups -OCH3 is 1. The molecule has 1 aliphatic heterocycles. The van der Waals surface area contributed by atoms with Gasteiger partial charge in [0.15, 0.2) is 6.23 Å². The van der Waals surface area contributed by atoms with Gasteiger partial charge in [-0.25, -0.2) is 15.0 Å². The number of hydrazine groups is 1. The second-order valence-electron chi connectivity index (χ2n) is 4.64. The number of benzene rings is 1. The first-order valence-corrected chi connectivity index (χ1v) is 6.34. The third kappa shape index (κ3) is 2.68. The summed E-state index contributed by atoms with van der Waals surface area (Å²) in [6.07, 6.45) is -1.14. The van der Waals surface area contributed by atoms with Gasteiger partial charge in [-0.3, -0.25) is 5.01 Å². The van der Waals surface area contributed by atoms with Gasteiger partial charge in [-0.05, 0) is 12.5 Å². The normalized spacial score (nSPS) is 21.4. The summed E-state index contributed by atoms with van der Waals surface area (Å²) in [4.78, 5) is 23.1. The van der Waals surface area contributed by atoms with Crippen LogP contribution in [0, 0.1) is 0 Å². The van der Waals surface area contributed by atoms with Gasteiger partial charge in [0.25, 0.3) is 0 Å². The molecule has 7 nitrogen and oxygen atoms in total. The minimum absolute atomic E-state index is 0.282. The number of nitrogens with one attached hydrogen (secondary N) is 1. The Morgan fingerprint density at radius 2 is 1.95 bits per heavy atom. The highest BCUT2D eigenvalue weighted by molar-refractivity contribution is 5.92. The van der Waals surface area contributed by atoms with Gasteiger partial charge in [0.1, 0.15) is 0 Å². The molecule has 21 heavy (non-hydrogen) atoms. The van der Waals surface area contributed by atoms with Gasteiger partial charge in [0.05, 0.1) is 18.6 Å². The van der Waals surface area contributed by atoms with E-state index >= 15 is 0 Å². The SMILES string of the molecule is COC(=O)C1=C(C)N(NC(N)=O)[C@H](O)[C@H]1c1ccccc1. The van der Waals surface area contributed by atoms with Crippen molar-refractivity contribution >= 4 is 12.0 Å². The van der Waals surface area contributed by atoms with Gasteiger partial charge in [-0.1, -0.05) is 30.3 Å². The van der Waals surface area contributed by atoms with E-state index < -0.39 is 24.1 Å². The molecule has 2 amide bonds. The number of ether oxygens (including phenoxy) is 1. The lowest BCUT2D eigenvalue weighted by molar-refractivity contribution is -0.136. The van der Waals surface area contributed by atoms with E-state index in [1.807, 2.05) is 6.07 Å². The third-order valence-corrected chi connectivity index (χ3v) is 3.42. The third-order valence-electron chi connectivity index (χ3n) is 3.42. The molecule has 4 N–H and O–H groups in total. The molecule has 1 aliphatic rings. The topological polar surface area (TPSA) is 105 Å². The van der Waals surface area contributed by atoms with Crippen LogP contribution in [0.3, 0.4) is 0 Å². The summed E-state index contributed by atoms with van der Waals surface area (Å²) in [5.41, 5.74) is 8.81. The van der Waals surface area contributed by atoms with Gasteiger partial charge in [0, 0.05) is 5.70 Å². The van der Waals surface area contributed by atoms with E-state index in [4.69, 9.17) is 10.5 Å². The number of hydrogen-bond acceptors (Lipinski definition) is 5. The predicted octanol–water partition coefficient (Wildman–Crippen LogP) is 0.435. The molecular weight excluding hydrogens is 274 g/mol. The largest absolute Gasteiger partial charge is 0.466 e. The quantitative estimate of drug-likeness (QED) is 0.701. The number of esters is 1. The molecule has 112 valence electrons. The van der Waals surface area contributed by atoms with Gasteiger partial charge in [-0.2, -0.15) is 0 Å². The first-order valence-electron chi connectivity index (χ1n) is 6.34. The molecule has 2 rings (SSSR count). The van der Waals surface area contributed by atoms with E-state index in [1.54, 1.807) is 31.2 Å². The fraction of sp³-hybridized carbons (Fsp3) is 0.286. The first-order chi connectivity index (χ1) is 9.97. The number of carbonyl (C=O) groups excluding carboxylic acids is 2. The minimum Gasteiger partial charge on any atom is -0.466 e. The van der Waals surface area contributed by atoms with Crippen molar-refractivity contribution < 1.29 is 19.4 Å². The van der Waals surface area contributed by atoms with Crippen LogP contribution in [0.4, 0.5) is 4.79 Å². The Kier molecular flexibility index (Phi) is 4.13. The molecule has 0 saturated carbocycles. The lowest BCUT2D eigenvalue weighted by atomic mass is 9.91. The van der Waals surface area contributed by atoms with Crippen LogP contribution in [-0.4, -0.2) is 35.5 Å². The van der Waals surface area contributed by atoms with E-state index in [1.165, 1.54) is 12.1 Å². The Bertz CT molecular complexity index is 585. The smallest absolute Gasteiger partial charge is 0.336 e. The molecule has 0 saturated heterocycles. The van der Waals surface area contributed by atoms with Crippen molar-refractivity contribution in [3.63, 3.8) is 0 Å². The van der Waals surface area contributed by atoms with Gasteiger partial charge >= 0.3 is 12.0 Å². The van der Waals surface area contributed by atoms with Gasteiger partial charge in [-0.15, -0.1) is 0 Å². The van der Waals surface area contributed by atoms with Crippen LogP contribution < -0.4 is 11.2 Å². The maximum absolute atomic E-state index is 12.0. The highest BCUT2D eigenvalue weighted by Crippen LogP contribution is 2.39. The number of amides is 2. The summed E-state index contributed by atoms with van der Waals surface area (Å²) >= 11 is 0. The van der Waals surface area contributed by atoms with Crippen LogP contribution in [0.5, 0.6) is 0 Å². The monoisotopic (exact) mass is 291 g/mol. The van der Waals surface area contributed by atoms with Gasteiger partial charge < -0.3 is 15.6 Å². The van der Waals surface area contributed by atoms with Crippen LogP contribution in [-0.2, 0) is 9.53 Å². The molecule has 0 aliphatic carbocycles. The molecule has 1 heterocycles. The number of nitrogens with two attached hydrogens (primary N) is 1. The molecular formula is C14H17N3O4. The number of nitrogens with zero attached hydrogens (tertiary/aromatic N) is 1. The standard InChI is InChI=1S/C14H17N3O4/c1-8-10(13(19)21-2)11(9-6-4-3-5-7-9)12(18)17(8)16-14(15)20/h3-7,11-12,18H,1-2H3,(H3,15,16,20)/t11-,12+/m0/s1.